The molecule has 34 heavy (non-hydrogen) atoms. The first-order valence-electron chi connectivity index (χ1n) is 12.0. The summed E-state index contributed by atoms with van der Waals surface area (Å²) < 4.78 is 0. The van der Waals surface area contributed by atoms with Gasteiger partial charge in [0.15, 0.2) is 8.07 Å². The number of hydrogen-bond acceptors (Lipinski definition) is 0. The van der Waals surface area contributed by atoms with E-state index < -0.39 is 8.07 Å². The van der Waals surface area contributed by atoms with Gasteiger partial charge in [0.25, 0.3) is 0 Å². The Morgan fingerprint density at radius 1 is 0.500 bits per heavy atom. The summed E-state index contributed by atoms with van der Waals surface area (Å²) >= 11 is 0. The largest absolute Gasteiger partial charge is 0.180 e. The molecule has 6 aromatic rings. The molecule has 0 radical (unpaired) electrons. The van der Waals surface area contributed by atoms with Gasteiger partial charge in [0.2, 0.25) is 0 Å². The molecule has 0 unspecified atom stereocenters. The summed E-state index contributed by atoms with van der Waals surface area (Å²) in [6.45, 7) is 2.23. The Hall–Kier alpha value is -3.94. The summed E-state index contributed by atoms with van der Waals surface area (Å²) in [6, 6.07) is 47.8. The first kappa shape index (κ1) is 19.5. The van der Waals surface area contributed by atoms with Gasteiger partial charge in [-0.15, -0.1) is 0 Å². The van der Waals surface area contributed by atoms with Crippen molar-refractivity contribution >= 4 is 50.4 Å². The van der Waals surface area contributed by atoms with Crippen molar-refractivity contribution in [1.29, 1.82) is 0 Å². The Bertz CT molecular complexity index is 1660. The maximum Gasteiger partial charge on any atom is 0.180 e. The maximum absolute atomic E-state index is 2.47. The van der Waals surface area contributed by atoms with Crippen LogP contribution in [0.1, 0.15) is 5.56 Å². The molecule has 7 rings (SSSR count). The van der Waals surface area contributed by atoms with Crippen molar-refractivity contribution < 1.29 is 0 Å². The summed E-state index contributed by atoms with van der Waals surface area (Å²) in [5.41, 5.74) is 4.16. The number of aryl methyl sites for hydroxylation is 1. The fourth-order valence-corrected chi connectivity index (χ4v) is 11.5. The standard InChI is InChI=1S/C33H24Si/c1-23-16-20-29-31(22-23)34(26-11-4-2-5-12-26,27-13-6-3-7-14-27)30-21-19-25-18-17-24-10-8-9-15-28(24)32(25)33(29)30/h2-22H,1H3. The van der Waals surface area contributed by atoms with Crippen LogP contribution in [-0.4, -0.2) is 8.07 Å². The quantitative estimate of drug-likeness (QED) is 0.236. The van der Waals surface area contributed by atoms with E-state index in [-0.39, 0.29) is 0 Å². The van der Waals surface area contributed by atoms with Gasteiger partial charge in [-0.1, -0.05) is 133 Å². The van der Waals surface area contributed by atoms with E-state index in [9.17, 15) is 0 Å². The van der Waals surface area contributed by atoms with Gasteiger partial charge in [-0.25, -0.2) is 0 Å². The lowest BCUT2D eigenvalue weighted by Crippen LogP contribution is -2.72. The fourth-order valence-electron chi connectivity index (χ4n) is 6.19. The van der Waals surface area contributed by atoms with E-state index in [1.807, 2.05) is 0 Å². The van der Waals surface area contributed by atoms with E-state index in [2.05, 4.69) is 134 Å². The molecule has 0 fully saturated rings. The minimum atomic E-state index is -2.46. The third-order valence-corrected chi connectivity index (χ3v) is 12.4. The van der Waals surface area contributed by atoms with Crippen LogP contribution < -0.4 is 20.7 Å². The van der Waals surface area contributed by atoms with Crippen LogP contribution in [0.2, 0.25) is 0 Å². The van der Waals surface area contributed by atoms with Crippen molar-refractivity contribution in [3.05, 3.63) is 133 Å². The number of hydrogen-bond donors (Lipinski definition) is 0. The zero-order valence-corrected chi connectivity index (χ0v) is 20.1. The second-order valence-electron chi connectivity index (χ2n) is 9.40. The van der Waals surface area contributed by atoms with Gasteiger partial charge in [-0.3, -0.25) is 0 Å². The average Bonchev–Trinajstić information content (AvgIpc) is 3.19. The summed E-state index contributed by atoms with van der Waals surface area (Å²) in [5.74, 6) is 0. The van der Waals surface area contributed by atoms with E-state index in [1.54, 1.807) is 0 Å². The molecule has 0 saturated carbocycles. The number of rotatable bonds is 2. The molecular weight excluding hydrogens is 424 g/mol. The maximum atomic E-state index is 2.47. The highest BCUT2D eigenvalue weighted by Gasteiger charge is 2.49. The smallest absolute Gasteiger partial charge is 0.0623 e. The average molecular weight is 449 g/mol. The molecule has 1 heterocycles. The van der Waals surface area contributed by atoms with Gasteiger partial charge in [0.05, 0.1) is 0 Å². The van der Waals surface area contributed by atoms with Crippen LogP contribution in [0.15, 0.2) is 127 Å². The molecule has 1 aliphatic heterocycles. The first-order valence-corrected chi connectivity index (χ1v) is 14.0. The Balaban J connectivity index is 1.75. The third-order valence-electron chi connectivity index (χ3n) is 7.58. The third kappa shape index (κ3) is 2.53. The molecule has 0 N–H and O–H groups in total. The van der Waals surface area contributed by atoms with Gasteiger partial charge in [0.1, 0.15) is 0 Å². The highest BCUT2D eigenvalue weighted by atomic mass is 28.3. The highest BCUT2D eigenvalue weighted by Crippen LogP contribution is 2.38. The van der Waals surface area contributed by atoms with Crippen LogP contribution in [0, 0.1) is 6.92 Å². The van der Waals surface area contributed by atoms with Crippen LogP contribution >= 0.6 is 0 Å². The van der Waals surface area contributed by atoms with Gasteiger partial charge < -0.3 is 0 Å². The number of fused-ring (bicyclic) bond motifs is 7. The molecule has 0 aromatic heterocycles. The summed E-state index contributed by atoms with van der Waals surface area (Å²) in [4.78, 5) is 0. The van der Waals surface area contributed by atoms with E-state index in [0.29, 0.717) is 0 Å². The molecule has 0 amide bonds. The predicted molar refractivity (Wildman–Crippen MR) is 149 cm³/mol. The summed E-state index contributed by atoms with van der Waals surface area (Å²) in [7, 11) is -2.46. The minimum absolute atomic E-state index is 1.30. The molecule has 0 atom stereocenters. The summed E-state index contributed by atoms with van der Waals surface area (Å²) in [5, 5.41) is 11.3. The van der Waals surface area contributed by atoms with Crippen molar-refractivity contribution in [1.82, 2.24) is 0 Å². The van der Waals surface area contributed by atoms with Crippen molar-refractivity contribution in [2.45, 2.75) is 6.92 Å². The van der Waals surface area contributed by atoms with E-state index in [0.717, 1.165) is 0 Å². The Morgan fingerprint density at radius 3 is 1.85 bits per heavy atom. The van der Waals surface area contributed by atoms with Crippen molar-refractivity contribution in [3.63, 3.8) is 0 Å². The first-order chi connectivity index (χ1) is 16.8. The summed E-state index contributed by atoms with van der Waals surface area (Å²) in [6.07, 6.45) is 0. The Morgan fingerprint density at radius 2 is 1.12 bits per heavy atom. The van der Waals surface area contributed by atoms with Crippen molar-refractivity contribution in [3.8, 4) is 11.1 Å². The highest BCUT2D eigenvalue weighted by molar-refractivity contribution is 7.22. The normalized spacial score (nSPS) is 13.7. The molecule has 0 aliphatic carbocycles. The monoisotopic (exact) mass is 448 g/mol. The molecule has 0 spiro atoms. The lowest BCUT2D eigenvalue weighted by atomic mass is 9.93. The molecule has 0 bridgehead atoms. The zero-order valence-electron chi connectivity index (χ0n) is 19.1. The van der Waals surface area contributed by atoms with Crippen LogP contribution in [0.4, 0.5) is 0 Å². The lowest BCUT2D eigenvalue weighted by Gasteiger charge is -2.31. The van der Waals surface area contributed by atoms with E-state index in [1.165, 1.54) is 59.0 Å². The van der Waals surface area contributed by atoms with Gasteiger partial charge >= 0.3 is 0 Å². The predicted octanol–water partition coefficient (Wildman–Crippen LogP) is 5.66. The van der Waals surface area contributed by atoms with Gasteiger partial charge in [-0.2, -0.15) is 0 Å². The van der Waals surface area contributed by atoms with E-state index >= 15 is 0 Å². The second-order valence-corrected chi connectivity index (χ2v) is 13.1. The zero-order chi connectivity index (χ0) is 22.7. The van der Waals surface area contributed by atoms with E-state index in [4.69, 9.17) is 0 Å². The van der Waals surface area contributed by atoms with Gasteiger partial charge in [-0.05, 0) is 60.3 Å². The van der Waals surface area contributed by atoms with Crippen LogP contribution in [-0.2, 0) is 0 Å². The molecule has 0 saturated heterocycles. The molecule has 160 valence electrons. The molecule has 6 aromatic carbocycles. The topological polar surface area (TPSA) is 0 Å². The molecular formula is C33H24Si. The number of benzene rings is 6. The van der Waals surface area contributed by atoms with Crippen molar-refractivity contribution in [2.75, 3.05) is 0 Å². The van der Waals surface area contributed by atoms with Crippen molar-refractivity contribution in [2.24, 2.45) is 0 Å². The van der Waals surface area contributed by atoms with Crippen LogP contribution in [0.25, 0.3) is 32.7 Å². The molecule has 1 aliphatic rings. The SMILES string of the molecule is Cc1ccc2c(c1)[Si](c1ccccc1)(c1ccccc1)c1ccc3ccc4ccccc4c3c1-2. The van der Waals surface area contributed by atoms with Crippen LogP contribution in [0.5, 0.6) is 0 Å². The lowest BCUT2D eigenvalue weighted by molar-refractivity contribution is 1.49. The molecule has 0 nitrogen and oxygen atoms in total. The van der Waals surface area contributed by atoms with Gasteiger partial charge in [0, 0.05) is 0 Å². The molecule has 1 heteroatoms. The fraction of sp³-hybridized carbons (Fsp3) is 0.0303. The minimum Gasteiger partial charge on any atom is -0.0623 e. The van der Waals surface area contributed by atoms with Crippen LogP contribution in [0.3, 0.4) is 0 Å². The Kier molecular flexibility index (Phi) is 4.18. The Labute approximate surface area is 201 Å². The second kappa shape index (κ2) is 7.28.